The highest BCUT2D eigenvalue weighted by Gasteiger charge is 2.37. The Bertz CT molecular complexity index is 410. The first-order chi connectivity index (χ1) is 8.15. The molecule has 0 bridgehead atoms. The van der Waals surface area contributed by atoms with Crippen LogP contribution in [-0.4, -0.2) is 25.2 Å². The van der Waals surface area contributed by atoms with Gasteiger partial charge in [-0.2, -0.15) is 0 Å². The van der Waals surface area contributed by atoms with Gasteiger partial charge >= 0.3 is 0 Å². The van der Waals surface area contributed by atoms with Gasteiger partial charge in [0.15, 0.2) is 0 Å². The average Bonchev–Trinajstić information content (AvgIpc) is 2.28. The highest BCUT2D eigenvalue weighted by atomic mass is 32.1. The topological polar surface area (TPSA) is 38.3 Å². The first-order valence-corrected chi connectivity index (χ1v) is 6.22. The lowest BCUT2D eigenvalue weighted by Gasteiger charge is -2.40. The molecular weight excluding hydrogens is 234 g/mol. The molecule has 1 aromatic rings. The van der Waals surface area contributed by atoms with Crippen LogP contribution in [0.25, 0.3) is 0 Å². The SMILES string of the molecule is COC1(CNC(=O)c2cccc(S)c2)CCC1. The largest absolute Gasteiger partial charge is 0.376 e. The summed E-state index contributed by atoms with van der Waals surface area (Å²) >= 11 is 4.22. The summed E-state index contributed by atoms with van der Waals surface area (Å²) in [5.41, 5.74) is 0.511. The molecular formula is C13H17NO2S. The summed E-state index contributed by atoms with van der Waals surface area (Å²) in [7, 11) is 1.71. The molecule has 0 aliphatic heterocycles. The van der Waals surface area contributed by atoms with E-state index in [0.29, 0.717) is 12.1 Å². The molecule has 1 fully saturated rings. The first-order valence-electron chi connectivity index (χ1n) is 5.78. The van der Waals surface area contributed by atoms with E-state index in [1.165, 1.54) is 6.42 Å². The van der Waals surface area contributed by atoms with Crippen molar-refractivity contribution in [2.24, 2.45) is 0 Å². The van der Waals surface area contributed by atoms with Gasteiger partial charge in [-0.3, -0.25) is 4.79 Å². The van der Waals surface area contributed by atoms with Crippen LogP contribution in [0.15, 0.2) is 29.2 Å². The van der Waals surface area contributed by atoms with Crippen molar-refractivity contribution in [2.45, 2.75) is 29.8 Å². The third-order valence-electron chi connectivity index (χ3n) is 3.38. The summed E-state index contributed by atoms with van der Waals surface area (Å²) in [5.74, 6) is -0.0655. The van der Waals surface area contributed by atoms with Crippen molar-refractivity contribution in [1.82, 2.24) is 5.32 Å². The molecule has 0 atom stereocenters. The summed E-state index contributed by atoms with van der Waals surface area (Å²) in [4.78, 5) is 12.7. The van der Waals surface area contributed by atoms with Crippen LogP contribution in [0.5, 0.6) is 0 Å². The molecule has 1 aliphatic rings. The van der Waals surface area contributed by atoms with Crippen molar-refractivity contribution in [2.75, 3.05) is 13.7 Å². The second kappa shape index (κ2) is 5.10. The minimum Gasteiger partial charge on any atom is -0.376 e. The van der Waals surface area contributed by atoms with Gasteiger partial charge in [0, 0.05) is 24.1 Å². The van der Waals surface area contributed by atoms with Crippen molar-refractivity contribution in [3.8, 4) is 0 Å². The Labute approximate surface area is 107 Å². The number of hydrogen-bond donors (Lipinski definition) is 2. The number of nitrogens with one attached hydrogen (secondary N) is 1. The minimum absolute atomic E-state index is 0.0655. The first kappa shape index (κ1) is 12.5. The normalized spacial score (nSPS) is 17.3. The quantitative estimate of drug-likeness (QED) is 0.806. The van der Waals surface area contributed by atoms with Crippen molar-refractivity contribution >= 4 is 18.5 Å². The van der Waals surface area contributed by atoms with Crippen LogP contribution in [0, 0.1) is 0 Å². The van der Waals surface area contributed by atoms with Gasteiger partial charge in [0.05, 0.1) is 5.60 Å². The Morgan fingerprint density at radius 3 is 2.82 bits per heavy atom. The zero-order valence-electron chi connectivity index (χ0n) is 9.90. The van der Waals surface area contributed by atoms with Gasteiger partial charge in [-0.05, 0) is 37.5 Å². The number of ether oxygens (including phenoxy) is 1. The van der Waals surface area contributed by atoms with Crippen LogP contribution in [-0.2, 0) is 4.74 Å². The molecule has 92 valence electrons. The Morgan fingerprint density at radius 1 is 1.53 bits per heavy atom. The number of hydrogen-bond acceptors (Lipinski definition) is 3. The van der Waals surface area contributed by atoms with Gasteiger partial charge in [-0.25, -0.2) is 0 Å². The molecule has 2 rings (SSSR count). The molecule has 0 spiro atoms. The van der Waals surface area contributed by atoms with Crippen LogP contribution >= 0.6 is 12.6 Å². The second-order valence-electron chi connectivity index (χ2n) is 4.47. The Balaban J connectivity index is 1.93. The molecule has 0 aromatic heterocycles. The maximum Gasteiger partial charge on any atom is 0.251 e. The number of amides is 1. The lowest BCUT2D eigenvalue weighted by molar-refractivity contribution is -0.0679. The average molecular weight is 251 g/mol. The number of rotatable bonds is 4. The summed E-state index contributed by atoms with van der Waals surface area (Å²) in [5, 5.41) is 2.92. The molecule has 0 heterocycles. The molecule has 17 heavy (non-hydrogen) atoms. The van der Waals surface area contributed by atoms with Crippen molar-refractivity contribution in [3.05, 3.63) is 29.8 Å². The molecule has 0 radical (unpaired) electrons. The third-order valence-corrected chi connectivity index (χ3v) is 3.66. The van der Waals surface area contributed by atoms with Crippen LogP contribution in [0.4, 0.5) is 0 Å². The standard InChI is InChI=1S/C13H17NO2S/c1-16-13(6-3-7-13)9-14-12(15)10-4-2-5-11(17)8-10/h2,4-5,8,17H,3,6-7,9H2,1H3,(H,14,15). The maximum atomic E-state index is 11.9. The van der Waals surface area contributed by atoms with E-state index in [9.17, 15) is 4.79 Å². The summed E-state index contributed by atoms with van der Waals surface area (Å²) < 4.78 is 5.45. The number of carbonyl (C=O) groups is 1. The number of carbonyl (C=O) groups excluding carboxylic acids is 1. The zero-order chi connectivity index (χ0) is 12.3. The fourth-order valence-corrected chi connectivity index (χ4v) is 2.24. The summed E-state index contributed by atoms with van der Waals surface area (Å²) in [6, 6.07) is 7.23. The van der Waals surface area contributed by atoms with E-state index >= 15 is 0 Å². The van der Waals surface area contributed by atoms with Crippen LogP contribution < -0.4 is 5.32 Å². The highest BCUT2D eigenvalue weighted by Crippen LogP contribution is 2.34. The van der Waals surface area contributed by atoms with Gasteiger partial charge < -0.3 is 10.1 Å². The lowest BCUT2D eigenvalue weighted by atomic mass is 9.80. The second-order valence-corrected chi connectivity index (χ2v) is 4.99. The number of thiol groups is 1. The molecule has 3 nitrogen and oxygen atoms in total. The molecule has 0 saturated heterocycles. The predicted octanol–water partition coefficient (Wildman–Crippen LogP) is 2.27. The van der Waals surface area contributed by atoms with Crippen molar-refractivity contribution < 1.29 is 9.53 Å². The smallest absolute Gasteiger partial charge is 0.251 e. The van der Waals surface area contributed by atoms with E-state index in [1.807, 2.05) is 12.1 Å². The van der Waals surface area contributed by atoms with Crippen LogP contribution in [0.2, 0.25) is 0 Å². The van der Waals surface area contributed by atoms with E-state index < -0.39 is 0 Å². The highest BCUT2D eigenvalue weighted by molar-refractivity contribution is 7.80. The van der Waals surface area contributed by atoms with E-state index in [2.05, 4.69) is 17.9 Å². The predicted molar refractivity (Wildman–Crippen MR) is 69.6 cm³/mol. The van der Waals surface area contributed by atoms with Crippen molar-refractivity contribution in [1.29, 1.82) is 0 Å². The summed E-state index contributed by atoms with van der Waals surface area (Å²) in [6.07, 6.45) is 3.22. The zero-order valence-corrected chi connectivity index (χ0v) is 10.8. The Morgan fingerprint density at radius 2 is 2.29 bits per heavy atom. The lowest BCUT2D eigenvalue weighted by Crippen LogP contribution is -2.49. The fraction of sp³-hybridized carbons (Fsp3) is 0.462. The van der Waals surface area contributed by atoms with E-state index in [4.69, 9.17) is 4.74 Å². The van der Waals surface area contributed by atoms with E-state index in [-0.39, 0.29) is 11.5 Å². The third kappa shape index (κ3) is 2.82. The van der Waals surface area contributed by atoms with Crippen LogP contribution in [0.3, 0.4) is 0 Å². The molecule has 0 unspecified atom stereocenters. The van der Waals surface area contributed by atoms with Gasteiger partial charge in [-0.1, -0.05) is 6.07 Å². The van der Waals surface area contributed by atoms with Crippen molar-refractivity contribution in [3.63, 3.8) is 0 Å². The molecule has 1 aliphatic carbocycles. The van der Waals surface area contributed by atoms with Gasteiger partial charge in [0.1, 0.15) is 0 Å². The molecule has 1 saturated carbocycles. The van der Waals surface area contributed by atoms with E-state index in [1.54, 1.807) is 19.2 Å². The molecule has 1 N–H and O–H groups in total. The Hall–Kier alpha value is -1.00. The molecule has 1 aromatic carbocycles. The molecule has 1 amide bonds. The van der Waals surface area contributed by atoms with Gasteiger partial charge in [0.2, 0.25) is 0 Å². The molecule has 4 heteroatoms. The number of benzene rings is 1. The minimum atomic E-state index is -0.131. The maximum absolute atomic E-state index is 11.9. The monoisotopic (exact) mass is 251 g/mol. The van der Waals surface area contributed by atoms with Crippen LogP contribution in [0.1, 0.15) is 29.6 Å². The number of methoxy groups -OCH3 is 1. The van der Waals surface area contributed by atoms with E-state index in [0.717, 1.165) is 17.7 Å². The Kier molecular flexibility index (Phi) is 3.74. The van der Waals surface area contributed by atoms with Gasteiger partial charge in [0.25, 0.3) is 5.91 Å². The fourth-order valence-electron chi connectivity index (χ4n) is 2.01. The van der Waals surface area contributed by atoms with Gasteiger partial charge in [-0.15, -0.1) is 12.6 Å². The summed E-state index contributed by atoms with van der Waals surface area (Å²) in [6.45, 7) is 0.582.